The lowest BCUT2D eigenvalue weighted by Gasteiger charge is -2.34. The largest absolute Gasteiger partial charge is 0.348 e. The summed E-state index contributed by atoms with van der Waals surface area (Å²) in [4.78, 5) is 14.2. The van der Waals surface area contributed by atoms with Crippen molar-refractivity contribution in [3.8, 4) is 0 Å². The molecule has 0 saturated carbocycles. The van der Waals surface area contributed by atoms with Gasteiger partial charge in [0.1, 0.15) is 0 Å². The minimum atomic E-state index is 0.0703. The van der Waals surface area contributed by atoms with E-state index in [9.17, 15) is 4.79 Å². The van der Waals surface area contributed by atoms with Gasteiger partial charge in [0.25, 0.3) is 0 Å². The molecule has 0 N–H and O–H groups in total. The lowest BCUT2D eigenvalue weighted by atomic mass is 9.99. The fraction of sp³-hybridized carbons (Fsp3) is 0.615. The van der Waals surface area contributed by atoms with Crippen LogP contribution in [0.2, 0.25) is 0 Å². The van der Waals surface area contributed by atoms with Crippen LogP contribution in [0.25, 0.3) is 0 Å². The van der Waals surface area contributed by atoms with Crippen LogP contribution in [-0.4, -0.2) is 34.4 Å². The first-order chi connectivity index (χ1) is 7.38. The van der Waals surface area contributed by atoms with Crippen molar-refractivity contribution in [1.29, 1.82) is 0 Å². The molecule has 1 aromatic heterocycles. The fourth-order valence-corrected chi connectivity index (χ4v) is 1.53. The van der Waals surface area contributed by atoms with Crippen LogP contribution >= 0.6 is 0 Å². The van der Waals surface area contributed by atoms with Gasteiger partial charge in [-0.1, -0.05) is 6.92 Å². The second kappa shape index (κ2) is 4.83. The Bertz CT molecular complexity index is 366. The van der Waals surface area contributed by atoms with Crippen LogP contribution in [0.5, 0.6) is 0 Å². The Balaban J connectivity index is 2.69. The average molecular weight is 222 g/mol. The molecule has 0 spiro atoms. The van der Waals surface area contributed by atoms with Gasteiger partial charge in [0.15, 0.2) is 5.78 Å². The van der Waals surface area contributed by atoms with Gasteiger partial charge in [-0.2, -0.15) is 0 Å². The third-order valence-corrected chi connectivity index (χ3v) is 3.51. The molecule has 0 aliphatic carbocycles. The number of carbonyl (C=O) groups excluding carboxylic acids is 1. The zero-order chi connectivity index (χ0) is 12.3. The van der Waals surface area contributed by atoms with E-state index in [1.54, 1.807) is 0 Å². The molecule has 1 rings (SSSR count). The third-order valence-electron chi connectivity index (χ3n) is 3.51. The van der Waals surface area contributed by atoms with Crippen molar-refractivity contribution in [3.05, 3.63) is 24.0 Å². The zero-order valence-electron chi connectivity index (χ0n) is 10.9. The highest BCUT2D eigenvalue weighted by molar-refractivity contribution is 5.96. The number of aryl methyl sites for hydroxylation is 1. The van der Waals surface area contributed by atoms with Crippen LogP contribution in [0.1, 0.15) is 37.7 Å². The van der Waals surface area contributed by atoms with Crippen LogP contribution < -0.4 is 0 Å². The number of ketones is 1. The maximum atomic E-state index is 12.0. The van der Waals surface area contributed by atoms with Crippen LogP contribution in [-0.2, 0) is 7.05 Å². The number of Topliss-reactive ketones (excluding diaryl/α,β-unsaturated/α-hetero) is 1. The first-order valence-corrected chi connectivity index (χ1v) is 5.74. The predicted molar refractivity (Wildman–Crippen MR) is 66.7 cm³/mol. The molecule has 0 aliphatic rings. The van der Waals surface area contributed by atoms with Crippen molar-refractivity contribution >= 4 is 5.78 Å². The first-order valence-electron chi connectivity index (χ1n) is 5.74. The number of hydrogen-bond donors (Lipinski definition) is 0. The SMILES string of the molecule is CCC(C)(C)N(C)CC(=O)c1cccn1C. The first kappa shape index (κ1) is 13.0. The highest BCUT2D eigenvalue weighted by atomic mass is 16.1. The molecule has 0 unspecified atom stereocenters. The molecule has 0 aromatic carbocycles. The monoisotopic (exact) mass is 222 g/mol. The highest BCUT2D eigenvalue weighted by Gasteiger charge is 2.23. The van der Waals surface area contributed by atoms with Crippen LogP contribution in [0.15, 0.2) is 18.3 Å². The second-order valence-corrected chi connectivity index (χ2v) is 4.95. The summed E-state index contributed by atoms with van der Waals surface area (Å²) in [6.07, 6.45) is 2.93. The minimum absolute atomic E-state index is 0.0703. The molecular weight excluding hydrogens is 200 g/mol. The zero-order valence-corrected chi connectivity index (χ0v) is 10.9. The van der Waals surface area contributed by atoms with E-state index in [1.165, 1.54) is 0 Å². The molecule has 0 saturated heterocycles. The van der Waals surface area contributed by atoms with E-state index in [4.69, 9.17) is 0 Å². The molecule has 16 heavy (non-hydrogen) atoms. The summed E-state index contributed by atoms with van der Waals surface area (Å²) >= 11 is 0. The summed E-state index contributed by atoms with van der Waals surface area (Å²) in [6.45, 7) is 6.93. The molecule has 0 amide bonds. The van der Waals surface area contributed by atoms with Crippen molar-refractivity contribution < 1.29 is 4.79 Å². The Hall–Kier alpha value is -1.09. The summed E-state index contributed by atoms with van der Waals surface area (Å²) in [7, 11) is 3.91. The average Bonchev–Trinajstić information content (AvgIpc) is 2.64. The summed E-state index contributed by atoms with van der Waals surface area (Å²) in [5, 5.41) is 0. The topological polar surface area (TPSA) is 25.2 Å². The molecule has 1 aromatic rings. The second-order valence-electron chi connectivity index (χ2n) is 4.95. The van der Waals surface area contributed by atoms with Crippen molar-refractivity contribution in [2.45, 2.75) is 32.7 Å². The van der Waals surface area contributed by atoms with Gasteiger partial charge in [-0.25, -0.2) is 0 Å². The summed E-state index contributed by atoms with van der Waals surface area (Å²) in [5.74, 6) is 0.177. The molecule has 0 bridgehead atoms. The highest BCUT2D eigenvalue weighted by Crippen LogP contribution is 2.16. The van der Waals surface area contributed by atoms with Crippen LogP contribution in [0.4, 0.5) is 0 Å². The summed E-state index contributed by atoms with van der Waals surface area (Å²) in [6, 6.07) is 3.77. The third kappa shape index (κ3) is 2.73. The van der Waals surface area contributed by atoms with Gasteiger partial charge >= 0.3 is 0 Å². The van der Waals surface area contributed by atoms with Crippen LogP contribution in [0.3, 0.4) is 0 Å². The Morgan fingerprint density at radius 2 is 2.12 bits per heavy atom. The van der Waals surface area contributed by atoms with Crippen molar-refractivity contribution in [2.24, 2.45) is 7.05 Å². The van der Waals surface area contributed by atoms with Crippen molar-refractivity contribution in [1.82, 2.24) is 9.47 Å². The van der Waals surface area contributed by atoms with Crippen molar-refractivity contribution in [2.75, 3.05) is 13.6 Å². The Morgan fingerprint density at radius 3 is 2.56 bits per heavy atom. The van der Waals surface area contributed by atoms with Gasteiger partial charge in [-0.05, 0) is 39.4 Å². The van der Waals surface area contributed by atoms with E-state index < -0.39 is 0 Å². The number of carbonyl (C=O) groups is 1. The normalized spacial score (nSPS) is 12.1. The molecule has 3 nitrogen and oxygen atoms in total. The fourth-order valence-electron chi connectivity index (χ4n) is 1.53. The minimum Gasteiger partial charge on any atom is -0.348 e. The summed E-state index contributed by atoms with van der Waals surface area (Å²) < 4.78 is 1.87. The molecular formula is C13H22N2O. The Labute approximate surface area is 98.1 Å². The lowest BCUT2D eigenvalue weighted by Crippen LogP contribution is -2.43. The van der Waals surface area contributed by atoms with Crippen molar-refractivity contribution in [3.63, 3.8) is 0 Å². The lowest BCUT2D eigenvalue weighted by molar-refractivity contribution is 0.0839. The molecule has 0 fully saturated rings. The number of rotatable bonds is 5. The molecule has 90 valence electrons. The smallest absolute Gasteiger partial charge is 0.193 e. The van der Waals surface area contributed by atoms with Gasteiger partial charge in [0, 0.05) is 18.8 Å². The molecule has 3 heteroatoms. The van der Waals surface area contributed by atoms with E-state index in [0.29, 0.717) is 6.54 Å². The predicted octanol–water partition coefficient (Wildman–Crippen LogP) is 2.33. The molecule has 0 aliphatic heterocycles. The van der Waals surface area contributed by atoms with Gasteiger partial charge in [0.2, 0.25) is 0 Å². The van der Waals surface area contributed by atoms with E-state index in [0.717, 1.165) is 12.1 Å². The van der Waals surface area contributed by atoms with E-state index in [2.05, 4.69) is 25.7 Å². The molecule has 0 atom stereocenters. The number of likely N-dealkylation sites (N-methyl/N-ethyl adjacent to an activating group) is 1. The quantitative estimate of drug-likeness (QED) is 0.714. The number of hydrogen-bond acceptors (Lipinski definition) is 2. The van der Waals surface area contributed by atoms with Gasteiger partial charge in [0.05, 0.1) is 12.2 Å². The van der Waals surface area contributed by atoms with Gasteiger partial charge in [-0.15, -0.1) is 0 Å². The van der Waals surface area contributed by atoms with Crippen LogP contribution in [0, 0.1) is 0 Å². The standard InChI is InChI=1S/C13H22N2O/c1-6-13(2,3)15(5)10-12(16)11-8-7-9-14(11)4/h7-9H,6,10H2,1-5H3. The Kier molecular flexibility index (Phi) is 3.92. The molecule has 0 radical (unpaired) electrons. The molecule has 1 heterocycles. The number of nitrogens with zero attached hydrogens (tertiary/aromatic N) is 2. The Morgan fingerprint density at radius 1 is 1.50 bits per heavy atom. The number of aromatic nitrogens is 1. The van der Waals surface area contributed by atoms with E-state index in [-0.39, 0.29) is 11.3 Å². The maximum absolute atomic E-state index is 12.0. The van der Waals surface area contributed by atoms with E-state index in [1.807, 2.05) is 37.0 Å². The maximum Gasteiger partial charge on any atom is 0.193 e. The summed E-state index contributed by atoms with van der Waals surface area (Å²) in [5.41, 5.74) is 0.847. The van der Waals surface area contributed by atoms with Gasteiger partial charge < -0.3 is 4.57 Å². The van der Waals surface area contributed by atoms with Gasteiger partial charge in [-0.3, -0.25) is 9.69 Å². The van der Waals surface area contributed by atoms with E-state index >= 15 is 0 Å².